The van der Waals surface area contributed by atoms with Gasteiger partial charge in [-0.05, 0) is 30.2 Å². The van der Waals surface area contributed by atoms with Crippen LogP contribution in [0.4, 0.5) is 16.2 Å². The van der Waals surface area contributed by atoms with Gasteiger partial charge in [0.05, 0.1) is 4.92 Å². The van der Waals surface area contributed by atoms with Crippen LogP contribution in [0.2, 0.25) is 5.02 Å². The Hall–Kier alpha value is -2.64. The molecule has 2 aromatic rings. The second kappa shape index (κ2) is 8.83. The molecular weight excluding hydrogens is 368 g/mol. The molecule has 1 aliphatic heterocycles. The van der Waals surface area contributed by atoms with Crippen LogP contribution in [-0.2, 0) is 6.54 Å². The second-order valence-electron chi connectivity index (χ2n) is 6.48. The minimum absolute atomic E-state index is 0.0437. The number of urea groups is 1. The first-order valence-corrected chi connectivity index (χ1v) is 9.16. The number of anilines is 1. The fourth-order valence-corrected chi connectivity index (χ4v) is 3.21. The second-order valence-corrected chi connectivity index (χ2v) is 6.92. The summed E-state index contributed by atoms with van der Waals surface area (Å²) in [5, 5.41) is 14.3. The Balaban J connectivity index is 1.55. The van der Waals surface area contributed by atoms with Crippen LogP contribution >= 0.6 is 11.6 Å². The molecule has 27 heavy (non-hydrogen) atoms. The molecule has 0 radical (unpaired) electrons. The van der Waals surface area contributed by atoms with Gasteiger partial charge in [0.25, 0.3) is 5.69 Å². The van der Waals surface area contributed by atoms with Gasteiger partial charge in [0.15, 0.2) is 0 Å². The van der Waals surface area contributed by atoms with Crippen molar-refractivity contribution in [3.05, 3.63) is 69.2 Å². The molecule has 1 N–H and O–H groups in total. The van der Waals surface area contributed by atoms with Gasteiger partial charge in [0.1, 0.15) is 0 Å². The van der Waals surface area contributed by atoms with Crippen LogP contribution in [0, 0.1) is 10.1 Å². The van der Waals surface area contributed by atoms with Gasteiger partial charge < -0.3 is 10.2 Å². The van der Waals surface area contributed by atoms with Crippen molar-refractivity contribution < 1.29 is 9.72 Å². The van der Waals surface area contributed by atoms with Crippen LogP contribution in [0.1, 0.15) is 12.0 Å². The monoisotopic (exact) mass is 388 g/mol. The van der Waals surface area contributed by atoms with Gasteiger partial charge in [-0.2, -0.15) is 0 Å². The van der Waals surface area contributed by atoms with E-state index in [9.17, 15) is 14.9 Å². The zero-order valence-electron chi connectivity index (χ0n) is 14.8. The van der Waals surface area contributed by atoms with E-state index in [2.05, 4.69) is 10.2 Å². The number of carbonyl (C=O) groups is 1. The number of nitro groups is 1. The zero-order chi connectivity index (χ0) is 19.2. The summed E-state index contributed by atoms with van der Waals surface area (Å²) in [5.41, 5.74) is 1.57. The van der Waals surface area contributed by atoms with Gasteiger partial charge in [-0.1, -0.05) is 29.8 Å². The standard InChI is InChI=1S/C19H21ClN4O3/c20-16-7-5-15(6-8-16)14-22-9-2-10-23(12-11-22)19(25)21-17-3-1-4-18(13-17)24(26)27/h1,3-8,13H,2,9-12,14H2,(H,21,25). The molecule has 0 atom stereocenters. The number of nitrogens with zero attached hydrogens (tertiary/aromatic N) is 3. The number of halogens is 1. The first-order chi connectivity index (χ1) is 13.0. The van der Waals surface area contributed by atoms with E-state index < -0.39 is 4.92 Å². The summed E-state index contributed by atoms with van der Waals surface area (Å²) in [4.78, 5) is 27.0. The number of hydrogen-bond donors (Lipinski definition) is 1. The summed E-state index contributed by atoms with van der Waals surface area (Å²) >= 11 is 5.93. The number of non-ortho nitro benzene ring substituents is 1. The Morgan fingerprint density at radius 3 is 2.63 bits per heavy atom. The van der Waals surface area contributed by atoms with Crippen molar-refractivity contribution in [2.24, 2.45) is 0 Å². The molecule has 0 spiro atoms. The van der Waals surface area contributed by atoms with Crippen LogP contribution in [0.15, 0.2) is 48.5 Å². The predicted octanol–water partition coefficient (Wildman–Crippen LogP) is 3.99. The topological polar surface area (TPSA) is 78.7 Å². The lowest BCUT2D eigenvalue weighted by atomic mass is 10.2. The number of benzene rings is 2. The minimum atomic E-state index is -0.476. The number of nitro benzene ring substituents is 1. The fraction of sp³-hybridized carbons (Fsp3) is 0.316. The maximum Gasteiger partial charge on any atom is 0.321 e. The van der Waals surface area contributed by atoms with Crippen molar-refractivity contribution in [3.63, 3.8) is 0 Å². The minimum Gasteiger partial charge on any atom is -0.323 e. The third-order valence-electron chi connectivity index (χ3n) is 4.50. The molecule has 142 valence electrons. The van der Waals surface area contributed by atoms with Gasteiger partial charge in [-0.25, -0.2) is 4.79 Å². The average Bonchev–Trinajstić information content (AvgIpc) is 2.89. The van der Waals surface area contributed by atoms with Crippen LogP contribution in [0.25, 0.3) is 0 Å². The maximum atomic E-state index is 12.5. The van der Waals surface area contributed by atoms with Gasteiger partial charge in [-0.3, -0.25) is 15.0 Å². The molecule has 7 nitrogen and oxygen atoms in total. The SMILES string of the molecule is O=C(Nc1cccc([N+](=O)[O-])c1)N1CCCN(Cc2ccc(Cl)cc2)CC1. The Kier molecular flexibility index (Phi) is 6.26. The molecule has 3 rings (SSSR count). The van der Waals surface area contributed by atoms with Crippen molar-refractivity contribution in [2.75, 3.05) is 31.5 Å². The molecule has 1 heterocycles. The van der Waals surface area contributed by atoms with Crippen molar-refractivity contribution in [3.8, 4) is 0 Å². The molecule has 2 aromatic carbocycles. The van der Waals surface area contributed by atoms with Gasteiger partial charge >= 0.3 is 6.03 Å². The number of nitrogens with one attached hydrogen (secondary N) is 1. The molecule has 2 amide bonds. The lowest BCUT2D eigenvalue weighted by molar-refractivity contribution is -0.384. The summed E-state index contributed by atoms with van der Waals surface area (Å²) in [6.45, 7) is 3.75. The summed E-state index contributed by atoms with van der Waals surface area (Å²) < 4.78 is 0. The molecule has 0 saturated carbocycles. The van der Waals surface area contributed by atoms with Crippen LogP contribution in [-0.4, -0.2) is 46.9 Å². The maximum absolute atomic E-state index is 12.5. The van der Waals surface area contributed by atoms with Crippen molar-refractivity contribution in [1.29, 1.82) is 0 Å². The molecular formula is C19H21ClN4O3. The molecule has 1 aliphatic rings. The molecule has 1 saturated heterocycles. The summed E-state index contributed by atoms with van der Waals surface area (Å²) in [7, 11) is 0. The van der Waals surface area contributed by atoms with E-state index in [1.807, 2.05) is 24.3 Å². The Morgan fingerprint density at radius 1 is 1.11 bits per heavy atom. The molecule has 0 aromatic heterocycles. The van der Waals surface area contributed by atoms with E-state index in [1.165, 1.54) is 17.7 Å². The summed E-state index contributed by atoms with van der Waals surface area (Å²) in [6, 6.07) is 13.5. The third-order valence-corrected chi connectivity index (χ3v) is 4.76. The highest BCUT2D eigenvalue weighted by Crippen LogP contribution is 2.18. The van der Waals surface area contributed by atoms with Gasteiger partial charge in [0, 0.05) is 55.6 Å². The lowest BCUT2D eigenvalue weighted by Gasteiger charge is -2.22. The van der Waals surface area contributed by atoms with E-state index in [0.717, 1.165) is 31.1 Å². The van der Waals surface area contributed by atoms with Gasteiger partial charge in [-0.15, -0.1) is 0 Å². The van der Waals surface area contributed by atoms with E-state index >= 15 is 0 Å². The first kappa shape index (κ1) is 19.1. The largest absolute Gasteiger partial charge is 0.323 e. The number of rotatable bonds is 4. The Bertz CT molecular complexity index is 813. The molecule has 0 aliphatic carbocycles. The quantitative estimate of drug-likeness (QED) is 0.634. The van der Waals surface area contributed by atoms with E-state index in [-0.39, 0.29) is 11.7 Å². The van der Waals surface area contributed by atoms with Crippen LogP contribution in [0.3, 0.4) is 0 Å². The highest BCUT2D eigenvalue weighted by atomic mass is 35.5. The van der Waals surface area contributed by atoms with Crippen molar-refractivity contribution in [2.45, 2.75) is 13.0 Å². The van der Waals surface area contributed by atoms with Gasteiger partial charge in [0.2, 0.25) is 0 Å². The van der Waals surface area contributed by atoms with Crippen molar-refractivity contribution >= 4 is 29.0 Å². The highest BCUT2D eigenvalue weighted by Gasteiger charge is 2.19. The van der Waals surface area contributed by atoms with Crippen LogP contribution in [0.5, 0.6) is 0 Å². The average molecular weight is 389 g/mol. The predicted molar refractivity (Wildman–Crippen MR) is 105 cm³/mol. The highest BCUT2D eigenvalue weighted by molar-refractivity contribution is 6.30. The normalized spacial score (nSPS) is 15.2. The smallest absolute Gasteiger partial charge is 0.321 e. The molecule has 0 bridgehead atoms. The molecule has 0 unspecified atom stereocenters. The number of hydrogen-bond acceptors (Lipinski definition) is 4. The van der Waals surface area contributed by atoms with E-state index in [4.69, 9.17) is 11.6 Å². The fourth-order valence-electron chi connectivity index (χ4n) is 3.08. The summed E-state index contributed by atoms with van der Waals surface area (Å²) in [6.07, 6.45) is 0.871. The zero-order valence-corrected chi connectivity index (χ0v) is 15.6. The summed E-state index contributed by atoms with van der Waals surface area (Å²) in [5.74, 6) is 0. The van der Waals surface area contributed by atoms with Crippen LogP contribution < -0.4 is 5.32 Å². The molecule has 8 heteroatoms. The van der Waals surface area contributed by atoms with E-state index in [0.29, 0.717) is 18.8 Å². The van der Waals surface area contributed by atoms with E-state index in [1.54, 1.807) is 17.0 Å². The Morgan fingerprint density at radius 2 is 1.89 bits per heavy atom. The lowest BCUT2D eigenvalue weighted by Crippen LogP contribution is -2.38. The number of amides is 2. The Labute approximate surface area is 162 Å². The number of carbonyl (C=O) groups excluding carboxylic acids is 1. The third kappa shape index (κ3) is 5.42. The molecule has 1 fully saturated rings. The van der Waals surface area contributed by atoms with Crippen molar-refractivity contribution in [1.82, 2.24) is 9.80 Å². The first-order valence-electron chi connectivity index (χ1n) is 8.78.